The van der Waals surface area contributed by atoms with Gasteiger partial charge in [-0.1, -0.05) is 155 Å². The molecule has 0 fully saturated rings. The Bertz CT molecular complexity index is 941. The molecule has 0 aliphatic carbocycles. The van der Waals surface area contributed by atoms with Gasteiger partial charge in [0.15, 0.2) is 11.9 Å². The van der Waals surface area contributed by atoms with E-state index in [1.807, 2.05) is 12.2 Å². The molecule has 0 aromatic heterocycles. The number of carbonyl (C=O) groups is 3. The summed E-state index contributed by atoms with van der Waals surface area (Å²) in [6, 6.07) is 0. The molecule has 0 aliphatic rings. The van der Waals surface area contributed by atoms with Crippen molar-refractivity contribution in [2.75, 3.05) is 13.2 Å². The molecule has 50 heavy (non-hydrogen) atoms. The highest BCUT2D eigenvalue weighted by Crippen LogP contribution is 2.36. The standard InChI is InChI=1S/C40H73O9P/c1-4-5-24-30-37(41)31-26-21-17-13-11-15-18-22-27-32-39(42)47-34-38(35-48-50(44,45)46)49-40(43)33-28-23-19-14-10-8-6-7-9-12-16-20-25-29-36(2)3/h17,21,26,31,36,38H,4-16,18-20,22-25,27-30,32-35H2,1-3H3,(H2,44,45,46)/b21-17-,31-26+/t38-/m1/s1. The van der Waals surface area contributed by atoms with Crippen LogP contribution >= 0.6 is 7.82 Å². The summed E-state index contributed by atoms with van der Waals surface area (Å²) in [5.41, 5.74) is 0. The first kappa shape index (κ1) is 48.2. The molecule has 0 saturated carbocycles. The maximum atomic E-state index is 12.4. The molecule has 0 aromatic rings. The number of allylic oxidation sites excluding steroid dienone is 4. The number of ether oxygens (including phenoxy) is 2. The third-order valence-electron chi connectivity index (χ3n) is 8.63. The Kier molecular flexibility index (Phi) is 33.1. The molecule has 0 saturated heterocycles. The van der Waals surface area contributed by atoms with Gasteiger partial charge < -0.3 is 19.3 Å². The van der Waals surface area contributed by atoms with E-state index < -0.39 is 32.5 Å². The van der Waals surface area contributed by atoms with Gasteiger partial charge in [-0.05, 0) is 44.1 Å². The molecule has 0 unspecified atom stereocenters. The van der Waals surface area contributed by atoms with Gasteiger partial charge in [-0.2, -0.15) is 0 Å². The zero-order chi connectivity index (χ0) is 37.1. The number of hydrogen-bond acceptors (Lipinski definition) is 7. The normalized spacial score (nSPS) is 12.7. The predicted molar refractivity (Wildman–Crippen MR) is 203 cm³/mol. The lowest BCUT2D eigenvalue weighted by molar-refractivity contribution is -0.161. The van der Waals surface area contributed by atoms with Gasteiger partial charge in [0.2, 0.25) is 0 Å². The Morgan fingerprint density at radius 1 is 0.620 bits per heavy atom. The second-order valence-electron chi connectivity index (χ2n) is 14.1. The molecular formula is C40H73O9P. The van der Waals surface area contributed by atoms with Crippen molar-refractivity contribution in [3.8, 4) is 0 Å². The van der Waals surface area contributed by atoms with Gasteiger partial charge in [0.05, 0.1) is 6.61 Å². The van der Waals surface area contributed by atoms with Crippen molar-refractivity contribution in [2.45, 2.75) is 194 Å². The second-order valence-corrected chi connectivity index (χ2v) is 15.4. The van der Waals surface area contributed by atoms with E-state index in [2.05, 4.69) is 31.4 Å². The summed E-state index contributed by atoms with van der Waals surface area (Å²) in [5.74, 6) is 0.0516. The average Bonchev–Trinajstić information content (AvgIpc) is 3.06. The topological polar surface area (TPSA) is 136 Å². The first-order valence-corrected chi connectivity index (χ1v) is 21.5. The molecule has 10 heteroatoms. The van der Waals surface area contributed by atoms with Crippen LogP contribution in [-0.4, -0.2) is 46.8 Å². The molecule has 292 valence electrons. The van der Waals surface area contributed by atoms with Crippen molar-refractivity contribution < 1.29 is 42.7 Å². The van der Waals surface area contributed by atoms with Gasteiger partial charge >= 0.3 is 19.8 Å². The van der Waals surface area contributed by atoms with Gasteiger partial charge in [-0.3, -0.25) is 18.9 Å². The number of esters is 2. The first-order valence-electron chi connectivity index (χ1n) is 19.9. The van der Waals surface area contributed by atoms with Crippen LogP contribution in [-0.2, 0) is 32.9 Å². The SMILES string of the molecule is CCCCCC(=O)/C=C/C=C\CCCCCCCC(=O)OC[C@H](COP(=O)(O)O)OC(=O)CCCCCCCCCCCCCCCC(C)C. The van der Waals surface area contributed by atoms with E-state index in [0.29, 0.717) is 19.3 Å². The quantitative estimate of drug-likeness (QED) is 0.0212. The molecule has 0 heterocycles. The van der Waals surface area contributed by atoms with E-state index in [4.69, 9.17) is 19.3 Å². The number of phosphoric ester groups is 1. The summed E-state index contributed by atoms with van der Waals surface area (Å²) in [5, 5.41) is 0. The third-order valence-corrected chi connectivity index (χ3v) is 9.11. The van der Waals surface area contributed by atoms with Gasteiger partial charge in [-0.25, -0.2) is 4.57 Å². The predicted octanol–water partition coefficient (Wildman–Crippen LogP) is 11.1. The largest absolute Gasteiger partial charge is 0.469 e. The van der Waals surface area contributed by atoms with Gasteiger partial charge in [0, 0.05) is 19.3 Å². The van der Waals surface area contributed by atoms with Crippen molar-refractivity contribution in [3.63, 3.8) is 0 Å². The highest BCUT2D eigenvalue weighted by molar-refractivity contribution is 7.46. The van der Waals surface area contributed by atoms with Crippen LogP contribution in [0.3, 0.4) is 0 Å². The van der Waals surface area contributed by atoms with Crippen LogP contribution in [0.5, 0.6) is 0 Å². The summed E-state index contributed by atoms with van der Waals surface area (Å²) in [6.45, 7) is 5.84. The van der Waals surface area contributed by atoms with E-state index in [1.165, 1.54) is 64.2 Å². The minimum absolute atomic E-state index is 0.174. The van der Waals surface area contributed by atoms with Crippen LogP contribution in [0, 0.1) is 5.92 Å². The van der Waals surface area contributed by atoms with Crippen LogP contribution in [0.4, 0.5) is 0 Å². The minimum Gasteiger partial charge on any atom is -0.462 e. The summed E-state index contributed by atoms with van der Waals surface area (Å²) >= 11 is 0. The summed E-state index contributed by atoms with van der Waals surface area (Å²) in [4.78, 5) is 54.5. The Morgan fingerprint density at radius 2 is 1.12 bits per heavy atom. The maximum Gasteiger partial charge on any atom is 0.469 e. The van der Waals surface area contributed by atoms with Crippen LogP contribution in [0.2, 0.25) is 0 Å². The van der Waals surface area contributed by atoms with Crippen molar-refractivity contribution in [1.82, 2.24) is 0 Å². The van der Waals surface area contributed by atoms with E-state index >= 15 is 0 Å². The van der Waals surface area contributed by atoms with Crippen molar-refractivity contribution in [2.24, 2.45) is 5.92 Å². The van der Waals surface area contributed by atoms with Crippen LogP contribution < -0.4 is 0 Å². The monoisotopic (exact) mass is 728 g/mol. The number of hydrogen-bond donors (Lipinski definition) is 2. The lowest BCUT2D eigenvalue weighted by Gasteiger charge is -2.18. The molecule has 9 nitrogen and oxygen atoms in total. The molecular weight excluding hydrogens is 655 g/mol. The molecule has 0 aromatic carbocycles. The highest BCUT2D eigenvalue weighted by atomic mass is 31.2. The highest BCUT2D eigenvalue weighted by Gasteiger charge is 2.22. The van der Waals surface area contributed by atoms with Crippen molar-refractivity contribution in [3.05, 3.63) is 24.3 Å². The van der Waals surface area contributed by atoms with Gasteiger partial charge in [0.25, 0.3) is 0 Å². The fraction of sp³-hybridized carbons (Fsp3) is 0.825. The molecule has 1 atom stereocenters. The lowest BCUT2D eigenvalue weighted by Crippen LogP contribution is -2.29. The van der Waals surface area contributed by atoms with Gasteiger partial charge in [-0.15, -0.1) is 0 Å². The summed E-state index contributed by atoms with van der Waals surface area (Å²) < 4.78 is 26.3. The third kappa shape index (κ3) is 37.5. The smallest absolute Gasteiger partial charge is 0.462 e. The fourth-order valence-corrected chi connectivity index (χ4v) is 5.96. The Hall–Kier alpha value is -1.80. The maximum absolute atomic E-state index is 12.4. The van der Waals surface area contributed by atoms with Crippen molar-refractivity contribution in [1.29, 1.82) is 0 Å². The number of rotatable bonds is 36. The zero-order valence-electron chi connectivity index (χ0n) is 32.0. The molecule has 0 radical (unpaired) electrons. The van der Waals surface area contributed by atoms with Crippen LogP contribution in [0.15, 0.2) is 24.3 Å². The molecule has 0 spiro atoms. The van der Waals surface area contributed by atoms with Gasteiger partial charge in [0.1, 0.15) is 6.61 Å². The minimum atomic E-state index is -4.77. The number of phosphoric acid groups is 1. The molecule has 2 N–H and O–H groups in total. The summed E-state index contributed by atoms with van der Waals surface area (Å²) in [7, 11) is -4.77. The van der Waals surface area contributed by atoms with Crippen LogP contribution in [0.1, 0.15) is 188 Å². The average molecular weight is 729 g/mol. The Balaban J connectivity index is 3.99. The molecule has 0 amide bonds. The van der Waals surface area contributed by atoms with Crippen LogP contribution in [0.25, 0.3) is 0 Å². The molecule has 0 bridgehead atoms. The fourth-order valence-electron chi connectivity index (χ4n) is 5.60. The van der Waals surface area contributed by atoms with Crippen molar-refractivity contribution >= 4 is 25.5 Å². The number of unbranched alkanes of at least 4 members (excludes halogenated alkanes) is 19. The lowest BCUT2D eigenvalue weighted by atomic mass is 10.0. The Labute approximate surface area is 305 Å². The zero-order valence-corrected chi connectivity index (χ0v) is 32.9. The first-order chi connectivity index (χ1) is 24.0. The molecule has 0 rings (SSSR count). The summed E-state index contributed by atoms with van der Waals surface area (Å²) in [6.07, 6.45) is 33.1. The molecule has 0 aliphatic heterocycles. The number of ketones is 1. The van der Waals surface area contributed by atoms with E-state index in [-0.39, 0.29) is 25.2 Å². The second kappa shape index (κ2) is 34.3. The number of carbonyl (C=O) groups excluding carboxylic acids is 3. The Morgan fingerprint density at radius 3 is 1.66 bits per heavy atom. The van der Waals surface area contributed by atoms with E-state index in [9.17, 15) is 18.9 Å². The van der Waals surface area contributed by atoms with E-state index in [0.717, 1.165) is 76.5 Å². The van der Waals surface area contributed by atoms with E-state index in [1.54, 1.807) is 6.08 Å².